The Labute approximate surface area is 110 Å². The normalized spacial score (nSPS) is 10.2. The summed E-state index contributed by atoms with van der Waals surface area (Å²) in [6.45, 7) is 3.54. The van der Waals surface area contributed by atoms with E-state index in [0.717, 1.165) is 12.0 Å². The van der Waals surface area contributed by atoms with Gasteiger partial charge in [0.1, 0.15) is 5.75 Å². The molecule has 1 heterocycles. The predicted molar refractivity (Wildman–Crippen MR) is 71.1 cm³/mol. The monoisotopic (exact) mass is 258 g/mol. The van der Waals surface area contributed by atoms with Crippen LogP contribution < -0.4 is 5.43 Å². The van der Waals surface area contributed by atoms with Gasteiger partial charge in [-0.15, -0.1) is 0 Å². The largest absolute Gasteiger partial charge is 0.508 e. The standard InChI is InChI=1S/C14H14N2O3/c1-9-6-12(8-17)10(2)16(9)15-14(19)11-4-3-5-13(18)7-11/h3-8,18H,1-2H3,(H,15,19). The second kappa shape index (κ2) is 4.97. The summed E-state index contributed by atoms with van der Waals surface area (Å²) in [5.74, 6) is -0.322. The molecule has 5 heteroatoms. The van der Waals surface area contributed by atoms with E-state index in [9.17, 15) is 14.7 Å². The first-order valence-corrected chi connectivity index (χ1v) is 5.77. The summed E-state index contributed by atoms with van der Waals surface area (Å²) >= 11 is 0. The molecule has 1 amide bonds. The van der Waals surface area contributed by atoms with Gasteiger partial charge >= 0.3 is 0 Å². The highest BCUT2D eigenvalue weighted by molar-refractivity contribution is 6.00. The number of aromatic nitrogens is 1. The fraction of sp³-hybridized carbons (Fsp3) is 0.143. The van der Waals surface area contributed by atoms with Gasteiger partial charge in [-0.05, 0) is 38.1 Å². The SMILES string of the molecule is Cc1cc(C=O)c(C)n1NC(=O)c1cccc(O)c1. The molecule has 0 spiro atoms. The molecule has 0 fully saturated rings. The Morgan fingerprint density at radius 2 is 2.05 bits per heavy atom. The number of aryl methyl sites for hydroxylation is 1. The zero-order valence-corrected chi connectivity index (χ0v) is 10.7. The molecule has 0 unspecified atom stereocenters. The van der Waals surface area contributed by atoms with Gasteiger partial charge < -0.3 is 5.11 Å². The molecule has 0 aliphatic rings. The van der Waals surface area contributed by atoms with Crippen molar-refractivity contribution in [1.82, 2.24) is 4.68 Å². The number of benzene rings is 1. The van der Waals surface area contributed by atoms with Crippen molar-refractivity contribution in [3.05, 3.63) is 52.8 Å². The molecule has 0 saturated carbocycles. The topological polar surface area (TPSA) is 71.3 Å². The fourth-order valence-corrected chi connectivity index (χ4v) is 1.89. The summed E-state index contributed by atoms with van der Waals surface area (Å²) in [7, 11) is 0. The van der Waals surface area contributed by atoms with Gasteiger partial charge in [0.05, 0.1) is 0 Å². The molecule has 0 aliphatic heterocycles. The lowest BCUT2D eigenvalue weighted by molar-refractivity contribution is 0.100. The van der Waals surface area contributed by atoms with Crippen LogP contribution in [-0.2, 0) is 0 Å². The molecule has 2 rings (SSSR count). The Hall–Kier alpha value is -2.56. The third kappa shape index (κ3) is 2.49. The quantitative estimate of drug-likeness (QED) is 0.827. The lowest BCUT2D eigenvalue weighted by Gasteiger charge is -2.11. The number of rotatable bonds is 3. The van der Waals surface area contributed by atoms with Crippen molar-refractivity contribution < 1.29 is 14.7 Å². The van der Waals surface area contributed by atoms with Gasteiger partial charge in [0.2, 0.25) is 0 Å². The van der Waals surface area contributed by atoms with Crippen LogP contribution in [0.25, 0.3) is 0 Å². The molecule has 19 heavy (non-hydrogen) atoms. The van der Waals surface area contributed by atoms with E-state index in [0.29, 0.717) is 16.8 Å². The average molecular weight is 258 g/mol. The molecule has 5 nitrogen and oxygen atoms in total. The first-order chi connectivity index (χ1) is 9.02. The van der Waals surface area contributed by atoms with Gasteiger partial charge in [-0.1, -0.05) is 6.07 Å². The summed E-state index contributed by atoms with van der Waals surface area (Å²) in [6.07, 6.45) is 0.749. The Kier molecular flexibility index (Phi) is 3.37. The molecule has 0 radical (unpaired) electrons. The fourth-order valence-electron chi connectivity index (χ4n) is 1.89. The second-order valence-electron chi connectivity index (χ2n) is 4.27. The van der Waals surface area contributed by atoms with Gasteiger partial charge in [0.25, 0.3) is 5.91 Å². The number of nitrogens with one attached hydrogen (secondary N) is 1. The number of carbonyl (C=O) groups excluding carboxylic acids is 2. The molecular weight excluding hydrogens is 244 g/mol. The summed E-state index contributed by atoms with van der Waals surface area (Å²) in [6, 6.07) is 7.77. The number of aldehydes is 1. The van der Waals surface area contributed by atoms with Crippen LogP contribution in [0, 0.1) is 13.8 Å². The summed E-state index contributed by atoms with van der Waals surface area (Å²) in [5.41, 5.74) is 4.99. The zero-order chi connectivity index (χ0) is 14.0. The van der Waals surface area contributed by atoms with Crippen LogP contribution in [0.15, 0.2) is 30.3 Å². The lowest BCUT2D eigenvalue weighted by atomic mass is 10.2. The van der Waals surface area contributed by atoms with Crippen LogP contribution in [0.2, 0.25) is 0 Å². The van der Waals surface area contributed by atoms with Crippen LogP contribution in [0.1, 0.15) is 32.1 Å². The molecule has 0 bridgehead atoms. The number of carbonyl (C=O) groups is 2. The van der Waals surface area contributed by atoms with Crippen LogP contribution in [0.5, 0.6) is 5.75 Å². The molecule has 2 N–H and O–H groups in total. The minimum atomic E-state index is -0.352. The number of phenols is 1. The Bertz CT molecular complexity index is 644. The average Bonchev–Trinajstić information content (AvgIpc) is 2.66. The first kappa shape index (κ1) is 12.9. The molecule has 0 aliphatic carbocycles. The van der Waals surface area contributed by atoms with Crippen molar-refractivity contribution in [2.75, 3.05) is 5.43 Å². The van der Waals surface area contributed by atoms with Gasteiger partial charge in [0, 0.05) is 22.5 Å². The van der Waals surface area contributed by atoms with Gasteiger partial charge in [0.15, 0.2) is 6.29 Å². The molecular formula is C14H14N2O3. The Morgan fingerprint density at radius 3 is 2.63 bits per heavy atom. The van der Waals surface area contributed by atoms with Crippen molar-refractivity contribution in [3.63, 3.8) is 0 Å². The summed E-state index contributed by atoms with van der Waals surface area (Å²) < 4.78 is 1.55. The highest BCUT2D eigenvalue weighted by Gasteiger charge is 2.12. The molecule has 1 aromatic heterocycles. The molecule has 0 saturated heterocycles. The third-order valence-corrected chi connectivity index (χ3v) is 2.92. The van der Waals surface area contributed by atoms with Crippen LogP contribution in [-0.4, -0.2) is 22.0 Å². The van der Waals surface area contributed by atoms with E-state index in [1.807, 2.05) is 0 Å². The minimum Gasteiger partial charge on any atom is -0.508 e. The Balaban J connectivity index is 2.29. The van der Waals surface area contributed by atoms with E-state index in [4.69, 9.17) is 0 Å². The number of aromatic hydroxyl groups is 1. The highest BCUT2D eigenvalue weighted by Crippen LogP contribution is 2.14. The van der Waals surface area contributed by atoms with Crippen LogP contribution in [0.4, 0.5) is 0 Å². The lowest BCUT2D eigenvalue weighted by Crippen LogP contribution is -2.24. The number of hydrogen-bond acceptors (Lipinski definition) is 3. The highest BCUT2D eigenvalue weighted by atomic mass is 16.3. The van der Waals surface area contributed by atoms with E-state index < -0.39 is 0 Å². The maximum atomic E-state index is 12.0. The summed E-state index contributed by atoms with van der Waals surface area (Å²) in [5, 5.41) is 9.35. The first-order valence-electron chi connectivity index (χ1n) is 5.77. The van der Waals surface area contributed by atoms with E-state index in [2.05, 4.69) is 5.43 Å². The zero-order valence-electron chi connectivity index (χ0n) is 10.7. The molecule has 1 aromatic carbocycles. The molecule has 0 atom stereocenters. The van der Waals surface area contributed by atoms with Gasteiger partial charge in [-0.3, -0.25) is 19.7 Å². The molecule has 98 valence electrons. The van der Waals surface area contributed by atoms with E-state index >= 15 is 0 Å². The summed E-state index contributed by atoms with van der Waals surface area (Å²) in [4.78, 5) is 22.9. The maximum absolute atomic E-state index is 12.0. The number of hydrogen-bond donors (Lipinski definition) is 2. The molecule has 2 aromatic rings. The van der Waals surface area contributed by atoms with Crippen LogP contribution in [0.3, 0.4) is 0 Å². The number of phenolic OH excluding ortho intramolecular Hbond substituents is 1. The van der Waals surface area contributed by atoms with Gasteiger partial charge in [-0.25, -0.2) is 0 Å². The smallest absolute Gasteiger partial charge is 0.270 e. The maximum Gasteiger partial charge on any atom is 0.270 e. The predicted octanol–water partition coefficient (Wildman–Crippen LogP) is 2.01. The number of nitrogens with zero attached hydrogens (tertiary/aromatic N) is 1. The second-order valence-corrected chi connectivity index (χ2v) is 4.27. The van der Waals surface area contributed by atoms with Crippen molar-refractivity contribution in [3.8, 4) is 5.75 Å². The van der Waals surface area contributed by atoms with E-state index in [1.165, 1.54) is 12.1 Å². The van der Waals surface area contributed by atoms with Crippen molar-refractivity contribution in [2.24, 2.45) is 0 Å². The minimum absolute atomic E-state index is 0.0298. The van der Waals surface area contributed by atoms with Crippen molar-refractivity contribution in [1.29, 1.82) is 0 Å². The van der Waals surface area contributed by atoms with E-state index in [1.54, 1.807) is 36.7 Å². The van der Waals surface area contributed by atoms with Crippen molar-refractivity contribution >= 4 is 12.2 Å². The van der Waals surface area contributed by atoms with Crippen molar-refractivity contribution in [2.45, 2.75) is 13.8 Å². The Morgan fingerprint density at radius 1 is 1.32 bits per heavy atom. The third-order valence-electron chi connectivity index (χ3n) is 2.92. The van der Waals surface area contributed by atoms with E-state index in [-0.39, 0.29) is 11.7 Å². The number of amides is 1. The van der Waals surface area contributed by atoms with Crippen LogP contribution >= 0.6 is 0 Å². The van der Waals surface area contributed by atoms with Gasteiger partial charge in [-0.2, -0.15) is 0 Å².